The van der Waals surface area contributed by atoms with Crippen LogP contribution in [0, 0.1) is 12.7 Å². The second kappa shape index (κ2) is 9.40. The van der Waals surface area contributed by atoms with Crippen LogP contribution in [0.1, 0.15) is 11.3 Å². The smallest absolute Gasteiger partial charge is 0.297 e. The molecular formula is C26H23FN4OS2. The van der Waals surface area contributed by atoms with Crippen LogP contribution in [-0.4, -0.2) is 13.9 Å². The van der Waals surface area contributed by atoms with Crippen molar-refractivity contribution in [2.45, 2.75) is 19.9 Å². The van der Waals surface area contributed by atoms with E-state index in [4.69, 9.17) is 4.99 Å². The van der Waals surface area contributed by atoms with Gasteiger partial charge in [-0.15, -0.1) is 22.7 Å². The molecule has 34 heavy (non-hydrogen) atoms. The highest BCUT2D eigenvalue weighted by Crippen LogP contribution is 2.26. The number of aromatic nitrogens is 3. The normalized spacial score (nSPS) is 11.9. The number of hydrogen-bond donors (Lipinski definition) is 0. The second-order valence-electron chi connectivity index (χ2n) is 7.93. The number of halogens is 1. The molecule has 0 aliphatic carbocycles. The number of thiophene rings is 1. The summed E-state index contributed by atoms with van der Waals surface area (Å²) in [6, 6.07) is 20.3. The lowest BCUT2D eigenvalue weighted by Crippen LogP contribution is -2.20. The van der Waals surface area contributed by atoms with Gasteiger partial charge in [-0.3, -0.25) is 9.48 Å². The van der Waals surface area contributed by atoms with E-state index < -0.39 is 0 Å². The quantitative estimate of drug-likeness (QED) is 0.302. The maximum absolute atomic E-state index is 13.4. The third-order valence-electron chi connectivity index (χ3n) is 5.84. The molecule has 0 radical (unpaired) electrons. The number of nitrogens with zero attached hydrogens (tertiary/aromatic N) is 4. The maximum Gasteiger partial charge on any atom is 0.297 e. The van der Waals surface area contributed by atoms with Crippen molar-refractivity contribution in [1.29, 1.82) is 0 Å². The van der Waals surface area contributed by atoms with Crippen LogP contribution in [0.5, 0.6) is 0 Å². The number of benzene rings is 2. The Hall–Kier alpha value is -3.49. The van der Waals surface area contributed by atoms with Gasteiger partial charge in [0.25, 0.3) is 5.56 Å². The molecule has 0 saturated carbocycles. The monoisotopic (exact) mass is 490 g/mol. The first-order valence-electron chi connectivity index (χ1n) is 10.9. The Morgan fingerprint density at radius 2 is 1.74 bits per heavy atom. The van der Waals surface area contributed by atoms with Gasteiger partial charge >= 0.3 is 0 Å². The average molecular weight is 491 g/mol. The lowest BCUT2D eigenvalue weighted by Gasteiger charge is -2.08. The van der Waals surface area contributed by atoms with E-state index in [0.29, 0.717) is 12.2 Å². The number of thiazole rings is 1. The summed E-state index contributed by atoms with van der Waals surface area (Å²) in [5, 5.41) is 4.14. The molecule has 0 aliphatic heterocycles. The van der Waals surface area contributed by atoms with Gasteiger partial charge in [-0.05, 0) is 54.6 Å². The Kier molecular flexibility index (Phi) is 6.17. The number of para-hydroxylation sites is 1. The molecule has 5 rings (SSSR count). The Labute approximate surface area is 204 Å². The van der Waals surface area contributed by atoms with Gasteiger partial charge in [0.15, 0.2) is 10.5 Å². The molecule has 2 aromatic carbocycles. The zero-order chi connectivity index (χ0) is 23.7. The van der Waals surface area contributed by atoms with E-state index in [2.05, 4.69) is 16.0 Å². The van der Waals surface area contributed by atoms with Crippen LogP contribution in [-0.2, 0) is 20.0 Å². The highest BCUT2D eigenvalue weighted by Gasteiger charge is 2.17. The van der Waals surface area contributed by atoms with E-state index in [9.17, 15) is 9.18 Å². The fourth-order valence-electron chi connectivity index (χ4n) is 3.93. The van der Waals surface area contributed by atoms with E-state index in [-0.39, 0.29) is 11.4 Å². The minimum atomic E-state index is -0.240. The van der Waals surface area contributed by atoms with Crippen molar-refractivity contribution in [2.24, 2.45) is 12.0 Å². The lowest BCUT2D eigenvalue weighted by atomic mass is 10.1. The van der Waals surface area contributed by atoms with Gasteiger partial charge in [-0.1, -0.05) is 36.4 Å². The predicted molar refractivity (Wildman–Crippen MR) is 137 cm³/mol. The molecule has 5 nitrogen and oxygen atoms in total. The molecule has 0 bridgehead atoms. The van der Waals surface area contributed by atoms with Crippen molar-refractivity contribution in [3.8, 4) is 16.3 Å². The molecule has 5 aromatic rings. The first kappa shape index (κ1) is 22.3. The van der Waals surface area contributed by atoms with Crippen molar-refractivity contribution in [1.82, 2.24) is 13.9 Å². The zero-order valence-corrected chi connectivity index (χ0v) is 20.4. The Bertz CT molecular complexity index is 1540. The predicted octanol–water partition coefficient (Wildman–Crippen LogP) is 5.69. The lowest BCUT2D eigenvalue weighted by molar-refractivity contribution is 0.625. The van der Waals surface area contributed by atoms with Crippen LogP contribution in [0.2, 0.25) is 0 Å². The molecule has 3 aromatic heterocycles. The summed E-state index contributed by atoms with van der Waals surface area (Å²) in [5.41, 5.74) is 3.99. The largest absolute Gasteiger partial charge is 0.315 e. The van der Waals surface area contributed by atoms with E-state index >= 15 is 0 Å². The highest BCUT2D eigenvalue weighted by molar-refractivity contribution is 7.14. The van der Waals surface area contributed by atoms with Crippen LogP contribution in [0.4, 0.5) is 10.1 Å². The fourth-order valence-corrected chi connectivity index (χ4v) is 5.69. The van der Waals surface area contributed by atoms with Gasteiger partial charge in [0.1, 0.15) is 5.82 Å². The molecule has 0 N–H and O–H groups in total. The van der Waals surface area contributed by atoms with Crippen LogP contribution in [0.15, 0.2) is 87.3 Å². The van der Waals surface area contributed by atoms with Gasteiger partial charge in [0, 0.05) is 19.0 Å². The molecule has 0 aliphatic rings. The summed E-state index contributed by atoms with van der Waals surface area (Å²) in [4.78, 5) is 20.2. The number of aryl methyl sites for hydroxylation is 1. The molecule has 0 unspecified atom stereocenters. The van der Waals surface area contributed by atoms with Crippen LogP contribution < -0.4 is 10.4 Å². The topological polar surface area (TPSA) is 44.2 Å². The van der Waals surface area contributed by atoms with Gasteiger partial charge in [0.05, 0.1) is 22.0 Å². The van der Waals surface area contributed by atoms with Crippen molar-refractivity contribution < 1.29 is 4.39 Å². The third-order valence-corrected chi connectivity index (χ3v) is 7.60. The minimum absolute atomic E-state index is 0.151. The Morgan fingerprint density at radius 3 is 2.44 bits per heavy atom. The second-order valence-corrected chi connectivity index (χ2v) is 9.72. The van der Waals surface area contributed by atoms with Crippen LogP contribution in [0.3, 0.4) is 0 Å². The summed E-state index contributed by atoms with van der Waals surface area (Å²) < 4.78 is 19.0. The van der Waals surface area contributed by atoms with Crippen molar-refractivity contribution in [3.05, 3.63) is 110 Å². The maximum atomic E-state index is 13.4. The summed E-state index contributed by atoms with van der Waals surface area (Å²) in [7, 11) is 1.87. The molecule has 0 atom stereocenters. The molecule has 8 heteroatoms. The first-order valence-corrected chi connectivity index (χ1v) is 12.6. The Balaban J connectivity index is 1.61. The first-order chi connectivity index (χ1) is 16.5. The highest BCUT2D eigenvalue weighted by atomic mass is 32.1. The number of hydrogen-bond acceptors (Lipinski definition) is 4. The van der Waals surface area contributed by atoms with E-state index in [0.717, 1.165) is 38.7 Å². The molecule has 0 spiro atoms. The zero-order valence-electron chi connectivity index (χ0n) is 18.8. The molecule has 0 fully saturated rings. The standard InChI is InChI=1S/C26H23FN4OS2/c1-18-24(25(32)31(29(18)2)21-7-4-3-5-8-21)28-26-30(15-14-19-10-12-20(27)13-11-19)22(17-34-26)23-9-6-16-33-23/h3-13,16-17H,14-15H2,1-2H3. The van der Waals surface area contributed by atoms with Gasteiger partial charge < -0.3 is 4.57 Å². The molecule has 0 saturated heterocycles. The average Bonchev–Trinajstić information content (AvgIpc) is 3.56. The summed E-state index contributed by atoms with van der Waals surface area (Å²) in [5.74, 6) is -0.240. The fraction of sp³-hybridized carbons (Fsp3) is 0.154. The van der Waals surface area contributed by atoms with Crippen LogP contribution >= 0.6 is 22.7 Å². The SMILES string of the molecule is Cc1c(N=c2scc(-c3cccs3)n2CCc2ccc(F)cc2)c(=O)n(-c2ccccc2)n1C. The minimum Gasteiger partial charge on any atom is -0.315 e. The van der Waals surface area contributed by atoms with Crippen molar-refractivity contribution >= 4 is 28.4 Å². The third kappa shape index (κ3) is 4.22. The summed E-state index contributed by atoms with van der Waals surface area (Å²) >= 11 is 3.19. The molecule has 172 valence electrons. The summed E-state index contributed by atoms with van der Waals surface area (Å²) in [6.07, 6.45) is 0.727. The van der Waals surface area contributed by atoms with Gasteiger partial charge in [-0.25, -0.2) is 14.1 Å². The summed E-state index contributed by atoms with van der Waals surface area (Å²) in [6.45, 7) is 2.58. The van der Waals surface area contributed by atoms with E-state index in [1.165, 1.54) is 23.5 Å². The van der Waals surface area contributed by atoms with Crippen molar-refractivity contribution in [3.63, 3.8) is 0 Å². The molecule has 3 heterocycles. The Morgan fingerprint density at radius 1 is 0.971 bits per heavy atom. The van der Waals surface area contributed by atoms with Gasteiger partial charge in [0.2, 0.25) is 0 Å². The van der Waals surface area contributed by atoms with Crippen LogP contribution in [0.25, 0.3) is 16.3 Å². The molecule has 0 amide bonds. The number of rotatable bonds is 6. The molecular weight excluding hydrogens is 467 g/mol. The van der Waals surface area contributed by atoms with E-state index in [1.54, 1.807) is 16.0 Å². The van der Waals surface area contributed by atoms with Crippen molar-refractivity contribution in [2.75, 3.05) is 0 Å². The van der Waals surface area contributed by atoms with E-state index in [1.807, 2.05) is 72.6 Å². The van der Waals surface area contributed by atoms with Gasteiger partial charge in [-0.2, -0.15) is 0 Å².